The molecule has 234 valence electrons. The van der Waals surface area contributed by atoms with Crippen LogP contribution in [0.5, 0.6) is 0 Å². The van der Waals surface area contributed by atoms with Crippen molar-refractivity contribution in [3.05, 3.63) is 70.5 Å². The van der Waals surface area contributed by atoms with E-state index in [-0.39, 0.29) is 37.2 Å². The molecule has 3 unspecified atom stereocenters. The molecule has 2 aromatic rings. The number of carbonyl (C=O) groups is 3. The zero-order valence-corrected chi connectivity index (χ0v) is 25.7. The Morgan fingerprint density at radius 3 is 2.42 bits per heavy atom. The van der Waals surface area contributed by atoms with Crippen LogP contribution in [0.15, 0.2) is 48.5 Å². The molecule has 2 aromatic carbocycles. The summed E-state index contributed by atoms with van der Waals surface area (Å²) in [5.74, 6) is -1.38. The fourth-order valence-electron chi connectivity index (χ4n) is 6.85. The number of halogens is 2. The van der Waals surface area contributed by atoms with E-state index >= 15 is 0 Å². The number of benzene rings is 2. The standard InChI is InChI=1S/C33H43ClFN3O5/c1-33(2,24-11-7-12-25(34)19-24)29(22-10-6-13-26(35)17-22)38(32(42)43)28(16-21-8-4-3-5-9-21)31(41)37-27(20-39)18-23-14-15-36-30(23)40/h6-7,10-13,17,19,21,23,27-29,39H,3-5,8-9,14-16,18,20H2,1-2H3,(H,36,40)(H,37,41)(H,42,43)/t23-,27?,28?,29?/m0/s1. The van der Waals surface area contributed by atoms with E-state index in [1.54, 1.807) is 24.3 Å². The molecule has 4 rings (SSSR count). The summed E-state index contributed by atoms with van der Waals surface area (Å²) in [4.78, 5) is 40.9. The van der Waals surface area contributed by atoms with Gasteiger partial charge in [-0.3, -0.25) is 14.5 Å². The van der Waals surface area contributed by atoms with Crippen LogP contribution in [0.2, 0.25) is 5.02 Å². The number of aliphatic hydroxyl groups excluding tert-OH is 1. The van der Waals surface area contributed by atoms with E-state index in [9.17, 15) is 29.0 Å². The maximum absolute atomic E-state index is 14.7. The fourth-order valence-corrected chi connectivity index (χ4v) is 7.04. The van der Waals surface area contributed by atoms with E-state index in [4.69, 9.17) is 11.6 Å². The van der Waals surface area contributed by atoms with E-state index in [0.717, 1.165) is 37.7 Å². The molecule has 4 N–H and O–H groups in total. The van der Waals surface area contributed by atoms with Crippen LogP contribution in [0.25, 0.3) is 0 Å². The molecule has 0 aromatic heterocycles. The molecule has 4 atom stereocenters. The lowest BCUT2D eigenvalue weighted by Crippen LogP contribution is -2.57. The highest BCUT2D eigenvalue weighted by Crippen LogP contribution is 2.44. The molecule has 8 nitrogen and oxygen atoms in total. The summed E-state index contributed by atoms with van der Waals surface area (Å²) >= 11 is 6.36. The van der Waals surface area contributed by atoms with Gasteiger partial charge in [0.15, 0.2) is 0 Å². The minimum atomic E-state index is -1.31. The summed E-state index contributed by atoms with van der Waals surface area (Å²) < 4.78 is 14.7. The molecule has 2 fully saturated rings. The van der Waals surface area contributed by atoms with Gasteiger partial charge in [-0.1, -0.05) is 81.8 Å². The molecule has 43 heavy (non-hydrogen) atoms. The minimum Gasteiger partial charge on any atom is -0.465 e. The third-order valence-electron chi connectivity index (χ3n) is 9.13. The van der Waals surface area contributed by atoms with Crippen molar-refractivity contribution in [1.82, 2.24) is 15.5 Å². The SMILES string of the molecule is CC(C)(c1cccc(Cl)c1)C(c1cccc(F)c1)N(C(=O)O)C(CC1CCCCC1)C(=O)NC(CO)C[C@@H]1CCNC1=O. The zero-order chi connectivity index (χ0) is 31.1. The van der Waals surface area contributed by atoms with Crippen LogP contribution in [0.3, 0.4) is 0 Å². The van der Waals surface area contributed by atoms with Gasteiger partial charge in [-0.05, 0) is 60.6 Å². The molecule has 2 aliphatic rings. The summed E-state index contributed by atoms with van der Waals surface area (Å²) in [6.07, 6.45) is 4.70. The number of hydrogen-bond donors (Lipinski definition) is 4. The van der Waals surface area contributed by atoms with Gasteiger partial charge in [-0.2, -0.15) is 0 Å². The lowest BCUT2D eigenvalue weighted by molar-refractivity contribution is -0.130. The average molecular weight is 616 g/mol. The number of amides is 3. The van der Waals surface area contributed by atoms with E-state index in [2.05, 4.69) is 10.6 Å². The Hall–Kier alpha value is -3.17. The zero-order valence-electron chi connectivity index (χ0n) is 24.9. The van der Waals surface area contributed by atoms with Gasteiger partial charge in [0.25, 0.3) is 0 Å². The second-order valence-electron chi connectivity index (χ2n) is 12.5. The second-order valence-corrected chi connectivity index (χ2v) is 13.0. The van der Waals surface area contributed by atoms with Gasteiger partial charge in [-0.15, -0.1) is 0 Å². The molecule has 0 spiro atoms. The molecular weight excluding hydrogens is 573 g/mol. The van der Waals surface area contributed by atoms with Gasteiger partial charge in [-0.25, -0.2) is 9.18 Å². The Kier molecular flexibility index (Phi) is 11.1. The van der Waals surface area contributed by atoms with Gasteiger partial charge in [0.05, 0.1) is 18.7 Å². The molecular formula is C33H43ClFN3O5. The van der Waals surface area contributed by atoms with Gasteiger partial charge >= 0.3 is 6.09 Å². The topological polar surface area (TPSA) is 119 Å². The fraction of sp³-hybridized carbons (Fsp3) is 0.545. The smallest absolute Gasteiger partial charge is 0.408 e. The lowest BCUT2D eigenvalue weighted by atomic mass is 9.73. The summed E-state index contributed by atoms with van der Waals surface area (Å²) in [6, 6.07) is 10.1. The molecule has 0 bridgehead atoms. The third kappa shape index (κ3) is 8.06. The number of nitrogens with zero attached hydrogens (tertiary/aromatic N) is 1. The Labute approximate surface area is 258 Å². The number of rotatable bonds is 12. The van der Waals surface area contributed by atoms with Crippen molar-refractivity contribution in [2.75, 3.05) is 13.2 Å². The summed E-state index contributed by atoms with van der Waals surface area (Å²) in [6.45, 7) is 3.89. The van der Waals surface area contributed by atoms with E-state index < -0.39 is 41.4 Å². The average Bonchev–Trinajstić information content (AvgIpc) is 3.38. The van der Waals surface area contributed by atoms with Crippen molar-refractivity contribution in [2.45, 2.75) is 88.8 Å². The van der Waals surface area contributed by atoms with Crippen molar-refractivity contribution < 1.29 is 29.0 Å². The summed E-state index contributed by atoms with van der Waals surface area (Å²) in [7, 11) is 0. The van der Waals surface area contributed by atoms with Gasteiger partial charge in [0.1, 0.15) is 11.9 Å². The normalized spacial score (nSPS) is 19.7. The second kappa shape index (κ2) is 14.5. The van der Waals surface area contributed by atoms with Crippen molar-refractivity contribution >= 4 is 29.5 Å². The first-order valence-electron chi connectivity index (χ1n) is 15.2. The van der Waals surface area contributed by atoms with Crippen LogP contribution >= 0.6 is 11.6 Å². The van der Waals surface area contributed by atoms with Crippen molar-refractivity contribution in [3.63, 3.8) is 0 Å². The maximum Gasteiger partial charge on any atom is 0.408 e. The third-order valence-corrected chi connectivity index (χ3v) is 9.37. The van der Waals surface area contributed by atoms with Crippen molar-refractivity contribution in [2.24, 2.45) is 11.8 Å². The van der Waals surface area contributed by atoms with Gasteiger partial charge in [0, 0.05) is 22.9 Å². The summed E-state index contributed by atoms with van der Waals surface area (Å²) in [5, 5.41) is 27.2. The maximum atomic E-state index is 14.7. The van der Waals surface area contributed by atoms with E-state index in [1.165, 1.54) is 23.1 Å². The first kappa shape index (κ1) is 32.7. The number of aliphatic hydroxyl groups is 1. The van der Waals surface area contributed by atoms with Crippen LogP contribution in [-0.4, -0.2) is 58.3 Å². The van der Waals surface area contributed by atoms with Crippen molar-refractivity contribution in [3.8, 4) is 0 Å². The van der Waals surface area contributed by atoms with Gasteiger partial charge in [0.2, 0.25) is 11.8 Å². The lowest BCUT2D eigenvalue weighted by Gasteiger charge is -2.45. The number of hydrogen-bond acceptors (Lipinski definition) is 4. The largest absolute Gasteiger partial charge is 0.465 e. The van der Waals surface area contributed by atoms with Crippen LogP contribution in [0.4, 0.5) is 9.18 Å². The predicted molar refractivity (Wildman–Crippen MR) is 163 cm³/mol. The highest BCUT2D eigenvalue weighted by atomic mass is 35.5. The Balaban J connectivity index is 1.77. The first-order chi connectivity index (χ1) is 20.5. The van der Waals surface area contributed by atoms with Crippen LogP contribution < -0.4 is 10.6 Å². The summed E-state index contributed by atoms with van der Waals surface area (Å²) in [5.41, 5.74) is 0.202. The van der Waals surface area contributed by atoms with Gasteiger partial charge < -0.3 is 20.8 Å². The molecule has 1 aliphatic carbocycles. The minimum absolute atomic E-state index is 0.118. The number of carboxylic acid groups (broad SMARTS) is 1. The Morgan fingerprint density at radius 2 is 1.81 bits per heavy atom. The van der Waals surface area contributed by atoms with Crippen LogP contribution in [0.1, 0.15) is 82.4 Å². The molecule has 1 heterocycles. The van der Waals surface area contributed by atoms with Crippen LogP contribution in [0, 0.1) is 17.7 Å². The first-order valence-corrected chi connectivity index (χ1v) is 15.6. The number of nitrogens with one attached hydrogen (secondary N) is 2. The van der Waals surface area contributed by atoms with Crippen molar-refractivity contribution in [1.29, 1.82) is 0 Å². The number of carbonyl (C=O) groups excluding carboxylic acids is 2. The van der Waals surface area contributed by atoms with Crippen LogP contribution in [-0.2, 0) is 15.0 Å². The highest BCUT2D eigenvalue weighted by Gasteiger charge is 2.46. The molecule has 1 saturated carbocycles. The van der Waals surface area contributed by atoms with E-state index in [0.29, 0.717) is 23.6 Å². The Bertz CT molecular complexity index is 1280. The predicted octanol–water partition coefficient (Wildman–Crippen LogP) is 5.82. The molecule has 1 saturated heterocycles. The molecule has 1 aliphatic heterocycles. The monoisotopic (exact) mass is 615 g/mol. The quantitative estimate of drug-likeness (QED) is 0.240. The van der Waals surface area contributed by atoms with E-state index in [1.807, 2.05) is 19.9 Å². The molecule has 0 radical (unpaired) electrons. The highest BCUT2D eigenvalue weighted by molar-refractivity contribution is 6.30. The molecule has 10 heteroatoms. The Morgan fingerprint density at radius 1 is 1.09 bits per heavy atom. The molecule has 3 amide bonds.